The Hall–Kier alpha value is -1.08. The second-order valence-corrected chi connectivity index (χ2v) is 3.49. The van der Waals surface area contributed by atoms with Gasteiger partial charge < -0.3 is 10.1 Å². The summed E-state index contributed by atoms with van der Waals surface area (Å²) in [6, 6.07) is 1.83. The van der Waals surface area contributed by atoms with E-state index in [0.29, 0.717) is 13.1 Å². The fourth-order valence-corrected chi connectivity index (χ4v) is 1.30. The summed E-state index contributed by atoms with van der Waals surface area (Å²) in [7, 11) is 0. The Morgan fingerprint density at radius 2 is 2.24 bits per heavy atom. The van der Waals surface area contributed by atoms with Crippen molar-refractivity contribution in [1.82, 2.24) is 15.1 Å². The second kappa shape index (κ2) is 6.61. The highest BCUT2D eigenvalue weighted by atomic mass is 19.4. The summed E-state index contributed by atoms with van der Waals surface area (Å²) < 4.78 is 41.6. The molecule has 0 aliphatic carbocycles. The molecular weight excluding hydrogens is 235 g/mol. The average Bonchev–Trinajstić information content (AvgIpc) is 2.67. The number of nitrogens with one attached hydrogen (secondary N) is 1. The van der Waals surface area contributed by atoms with Crippen molar-refractivity contribution in [3.63, 3.8) is 0 Å². The monoisotopic (exact) mass is 251 g/mol. The quantitative estimate of drug-likeness (QED) is 0.748. The molecule has 0 fully saturated rings. The molecule has 1 N–H and O–H groups in total. The van der Waals surface area contributed by atoms with Crippen LogP contribution in [0.25, 0.3) is 0 Å². The lowest BCUT2D eigenvalue weighted by Crippen LogP contribution is -2.21. The Bertz CT molecular complexity index is 325. The predicted octanol–water partition coefficient (Wildman–Crippen LogP) is 1.57. The lowest BCUT2D eigenvalue weighted by molar-refractivity contribution is -0.174. The zero-order chi connectivity index (χ0) is 12.7. The van der Waals surface area contributed by atoms with Crippen LogP contribution in [0.5, 0.6) is 0 Å². The molecule has 1 aromatic heterocycles. The molecule has 0 atom stereocenters. The highest BCUT2D eigenvalue weighted by Gasteiger charge is 2.27. The molecule has 7 heteroatoms. The zero-order valence-corrected chi connectivity index (χ0v) is 9.63. The van der Waals surface area contributed by atoms with Crippen LogP contribution in [0.4, 0.5) is 13.2 Å². The molecule has 0 saturated carbocycles. The van der Waals surface area contributed by atoms with Crippen molar-refractivity contribution in [2.75, 3.05) is 19.8 Å². The first kappa shape index (κ1) is 14.0. The van der Waals surface area contributed by atoms with Gasteiger partial charge in [0.1, 0.15) is 6.61 Å². The Morgan fingerprint density at radius 3 is 2.88 bits per heavy atom. The number of halogens is 3. The Labute approximate surface area is 97.8 Å². The van der Waals surface area contributed by atoms with Crippen LogP contribution in [0, 0.1) is 0 Å². The highest BCUT2D eigenvalue weighted by Crippen LogP contribution is 2.14. The summed E-state index contributed by atoms with van der Waals surface area (Å²) in [6.45, 7) is 2.57. The number of alkyl halides is 3. The van der Waals surface area contributed by atoms with E-state index in [0.717, 1.165) is 12.2 Å². The molecule has 0 spiro atoms. The van der Waals surface area contributed by atoms with Crippen molar-refractivity contribution in [3.8, 4) is 0 Å². The third kappa shape index (κ3) is 5.69. The van der Waals surface area contributed by atoms with Gasteiger partial charge in [-0.25, -0.2) is 0 Å². The maximum atomic E-state index is 11.8. The Kier molecular flexibility index (Phi) is 5.43. The number of ether oxygens (including phenoxy) is 1. The normalized spacial score (nSPS) is 12.0. The van der Waals surface area contributed by atoms with Gasteiger partial charge in [0, 0.05) is 12.7 Å². The summed E-state index contributed by atoms with van der Waals surface area (Å²) >= 11 is 0. The van der Waals surface area contributed by atoms with Gasteiger partial charge in [0.05, 0.1) is 18.8 Å². The summed E-state index contributed by atoms with van der Waals surface area (Å²) in [5.41, 5.74) is 0.933. The van der Waals surface area contributed by atoms with Crippen LogP contribution in [0.15, 0.2) is 12.3 Å². The fraction of sp³-hybridized carbons (Fsp3) is 0.700. The molecule has 0 bridgehead atoms. The second-order valence-electron chi connectivity index (χ2n) is 3.49. The van der Waals surface area contributed by atoms with Crippen molar-refractivity contribution < 1.29 is 17.9 Å². The molecule has 4 nitrogen and oxygen atoms in total. The van der Waals surface area contributed by atoms with Gasteiger partial charge in [-0.05, 0) is 12.6 Å². The topological polar surface area (TPSA) is 39.1 Å². The van der Waals surface area contributed by atoms with Crippen LogP contribution in [-0.2, 0) is 17.8 Å². The molecule has 1 aromatic rings. The van der Waals surface area contributed by atoms with Crippen molar-refractivity contribution in [3.05, 3.63) is 18.0 Å². The summed E-state index contributed by atoms with van der Waals surface area (Å²) in [6.07, 6.45) is -2.65. The minimum Gasteiger partial charge on any atom is -0.370 e. The van der Waals surface area contributed by atoms with E-state index in [4.69, 9.17) is 0 Å². The van der Waals surface area contributed by atoms with Crippen LogP contribution in [0.1, 0.15) is 12.6 Å². The number of hydrogen-bond donors (Lipinski definition) is 1. The molecule has 0 aromatic carbocycles. The van der Waals surface area contributed by atoms with Crippen LogP contribution in [0.2, 0.25) is 0 Å². The largest absolute Gasteiger partial charge is 0.411 e. The van der Waals surface area contributed by atoms with E-state index in [9.17, 15) is 13.2 Å². The predicted molar refractivity (Wildman–Crippen MR) is 56.5 cm³/mol. The van der Waals surface area contributed by atoms with Crippen molar-refractivity contribution >= 4 is 0 Å². The molecule has 0 aliphatic rings. The van der Waals surface area contributed by atoms with Gasteiger partial charge in [0.2, 0.25) is 0 Å². The first-order chi connectivity index (χ1) is 8.03. The van der Waals surface area contributed by atoms with E-state index in [1.54, 1.807) is 10.9 Å². The summed E-state index contributed by atoms with van der Waals surface area (Å²) in [5, 5.41) is 7.14. The van der Waals surface area contributed by atoms with E-state index >= 15 is 0 Å². The molecule has 0 saturated heterocycles. The molecule has 0 radical (unpaired) electrons. The molecule has 0 unspecified atom stereocenters. The first-order valence-electron chi connectivity index (χ1n) is 5.39. The Morgan fingerprint density at radius 1 is 1.47 bits per heavy atom. The maximum absolute atomic E-state index is 11.8. The van der Waals surface area contributed by atoms with Crippen LogP contribution >= 0.6 is 0 Å². The van der Waals surface area contributed by atoms with Gasteiger partial charge in [-0.15, -0.1) is 0 Å². The van der Waals surface area contributed by atoms with Crippen LogP contribution in [0.3, 0.4) is 0 Å². The molecule has 98 valence electrons. The third-order valence-corrected chi connectivity index (χ3v) is 2.07. The van der Waals surface area contributed by atoms with Gasteiger partial charge in [-0.1, -0.05) is 6.92 Å². The molecule has 17 heavy (non-hydrogen) atoms. The van der Waals surface area contributed by atoms with Crippen LogP contribution in [-0.4, -0.2) is 35.7 Å². The molecular formula is C10H16F3N3O. The van der Waals surface area contributed by atoms with E-state index < -0.39 is 12.8 Å². The standard InChI is InChI=1S/C10H16F3N3O/c1-2-14-7-9-3-4-15-16(9)5-6-17-8-10(11,12)13/h3-4,14H,2,5-8H2,1H3. The number of hydrogen-bond acceptors (Lipinski definition) is 3. The third-order valence-electron chi connectivity index (χ3n) is 2.07. The zero-order valence-electron chi connectivity index (χ0n) is 9.63. The van der Waals surface area contributed by atoms with E-state index in [2.05, 4.69) is 15.2 Å². The van der Waals surface area contributed by atoms with Gasteiger partial charge in [0.15, 0.2) is 0 Å². The lowest BCUT2D eigenvalue weighted by atomic mass is 10.4. The first-order valence-corrected chi connectivity index (χ1v) is 5.39. The van der Waals surface area contributed by atoms with Gasteiger partial charge >= 0.3 is 6.18 Å². The van der Waals surface area contributed by atoms with Crippen LogP contribution < -0.4 is 5.32 Å². The molecule has 0 amide bonds. The summed E-state index contributed by atoms with van der Waals surface area (Å²) in [4.78, 5) is 0. The smallest absolute Gasteiger partial charge is 0.370 e. The van der Waals surface area contributed by atoms with Crippen molar-refractivity contribution in [1.29, 1.82) is 0 Å². The number of aromatic nitrogens is 2. The Balaban J connectivity index is 2.29. The minimum atomic E-state index is -4.27. The maximum Gasteiger partial charge on any atom is 0.411 e. The fourth-order valence-electron chi connectivity index (χ4n) is 1.30. The van der Waals surface area contributed by atoms with E-state index in [-0.39, 0.29) is 6.61 Å². The lowest BCUT2D eigenvalue weighted by Gasteiger charge is -2.10. The van der Waals surface area contributed by atoms with E-state index in [1.165, 1.54) is 0 Å². The molecule has 0 aliphatic heterocycles. The van der Waals surface area contributed by atoms with Gasteiger partial charge in [-0.2, -0.15) is 18.3 Å². The summed E-state index contributed by atoms with van der Waals surface area (Å²) in [5.74, 6) is 0. The van der Waals surface area contributed by atoms with Gasteiger partial charge in [-0.3, -0.25) is 4.68 Å². The van der Waals surface area contributed by atoms with Crippen molar-refractivity contribution in [2.45, 2.75) is 26.2 Å². The van der Waals surface area contributed by atoms with Crippen molar-refractivity contribution in [2.24, 2.45) is 0 Å². The molecule has 1 heterocycles. The number of nitrogens with zero attached hydrogens (tertiary/aromatic N) is 2. The highest BCUT2D eigenvalue weighted by molar-refractivity contribution is 4.99. The minimum absolute atomic E-state index is 0.000312. The van der Waals surface area contributed by atoms with Gasteiger partial charge in [0.25, 0.3) is 0 Å². The number of rotatable bonds is 7. The SMILES string of the molecule is CCNCc1ccnn1CCOCC(F)(F)F. The van der Waals surface area contributed by atoms with E-state index in [1.807, 2.05) is 13.0 Å². The molecule has 1 rings (SSSR count). The average molecular weight is 251 g/mol.